The van der Waals surface area contributed by atoms with Crippen LogP contribution in [0.1, 0.15) is 17.4 Å². The highest BCUT2D eigenvalue weighted by atomic mass is 16.5. The van der Waals surface area contributed by atoms with Crippen molar-refractivity contribution in [2.45, 2.75) is 13.5 Å². The molecule has 0 unspecified atom stereocenters. The number of carbonyl (C=O) groups is 1. The monoisotopic (exact) mass is 275 g/mol. The zero-order valence-electron chi connectivity index (χ0n) is 11.2. The first-order valence-electron chi connectivity index (χ1n) is 6.35. The van der Waals surface area contributed by atoms with E-state index in [0.717, 1.165) is 0 Å². The first-order chi connectivity index (χ1) is 9.74. The maximum Gasteiger partial charge on any atom is 0.275 e. The zero-order chi connectivity index (χ0) is 14.4. The number of amides is 1. The van der Waals surface area contributed by atoms with Crippen LogP contribution in [0.25, 0.3) is 0 Å². The summed E-state index contributed by atoms with van der Waals surface area (Å²) in [6.07, 6.45) is 4.84. The number of pyridine rings is 1. The Kier molecular flexibility index (Phi) is 4.67. The molecular formula is C13H17N5O2. The number of nitrogens with one attached hydrogen (secondary N) is 1. The first-order valence-corrected chi connectivity index (χ1v) is 6.35. The predicted molar refractivity (Wildman–Crippen MR) is 74.6 cm³/mol. The largest absolute Gasteiger partial charge is 0.476 e. The fraction of sp³-hybridized carbons (Fsp3) is 0.308. The number of hydrogen-bond acceptors (Lipinski definition) is 5. The van der Waals surface area contributed by atoms with Gasteiger partial charge in [-0.05, 0) is 19.1 Å². The topological polar surface area (TPSA) is 95.1 Å². The van der Waals surface area contributed by atoms with Gasteiger partial charge >= 0.3 is 0 Å². The Bertz CT molecular complexity index is 582. The van der Waals surface area contributed by atoms with Crippen LogP contribution in [-0.4, -0.2) is 33.6 Å². The van der Waals surface area contributed by atoms with Crippen LogP contribution in [0, 0.1) is 0 Å². The average molecular weight is 275 g/mol. The van der Waals surface area contributed by atoms with Gasteiger partial charge in [-0.2, -0.15) is 0 Å². The van der Waals surface area contributed by atoms with Gasteiger partial charge in [-0.1, -0.05) is 0 Å². The second kappa shape index (κ2) is 6.67. The Morgan fingerprint density at radius 2 is 2.35 bits per heavy atom. The van der Waals surface area contributed by atoms with Gasteiger partial charge in [-0.25, -0.2) is 9.97 Å². The van der Waals surface area contributed by atoms with Gasteiger partial charge < -0.3 is 20.4 Å². The van der Waals surface area contributed by atoms with Gasteiger partial charge in [0.1, 0.15) is 11.4 Å². The fourth-order valence-corrected chi connectivity index (χ4v) is 1.67. The van der Waals surface area contributed by atoms with Crippen LogP contribution in [0.2, 0.25) is 0 Å². The van der Waals surface area contributed by atoms with Crippen molar-refractivity contribution in [2.24, 2.45) is 5.73 Å². The molecule has 0 fully saturated rings. The van der Waals surface area contributed by atoms with Crippen LogP contribution in [0.4, 0.5) is 5.69 Å². The number of aromatic nitrogens is 3. The number of nitrogens with zero attached hydrogens (tertiary/aromatic N) is 3. The van der Waals surface area contributed by atoms with Crippen molar-refractivity contribution in [3.8, 4) is 5.88 Å². The number of anilines is 1. The molecule has 2 heterocycles. The van der Waals surface area contributed by atoms with Crippen LogP contribution in [0.15, 0.2) is 30.9 Å². The van der Waals surface area contributed by atoms with Crippen LogP contribution in [0.5, 0.6) is 5.88 Å². The molecule has 2 rings (SSSR count). The molecule has 0 spiro atoms. The highest BCUT2D eigenvalue weighted by molar-refractivity contribution is 6.03. The lowest BCUT2D eigenvalue weighted by Crippen LogP contribution is -2.14. The molecule has 2 aromatic rings. The minimum absolute atomic E-state index is 0.310. The smallest absolute Gasteiger partial charge is 0.275 e. The van der Waals surface area contributed by atoms with E-state index in [1.807, 2.05) is 6.92 Å². The van der Waals surface area contributed by atoms with Crippen LogP contribution >= 0.6 is 0 Å². The number of imidazole rings is 1. The molecular weight excluding hydrogens is 258 g/mol. The van der Waals surface area contributed by atoms with Gasteiger partial charge in [0.05, 0.1) is 12.9 Å². The van der Waals surface area contributed by atoms with Gasteiger partial charge in [0, 0.05) is 25.5 Å². The highest BCUT2D eigenvalue weighted by Crippen LogP contribution is 2.20. The lowest BCUT2D eigenvalue weighted by molar-refractivity contribution is 0.102. The van der Waals surface area contributed by atoms with Gasteiger partial charge in [-0.15, -0.1) is 0 Å². The van der Waals surface area contributed by atoms with Crippen molar-refractivity contribution in [3.05, 3.63) is 36.5 Å². The van der Waals surface area contributed by atoms with E-state index in [4.69, 9.17) is 10.5 Å². The Morgan fingerprint density at radius 3 is 3.10 bits per heavy atom. The minimum atomic E-state index is -0.310. The number of rotatable bonds is 6. The molecule has 0 aliphatic heterocycles. The second-order valence-corrected chi connectivity index (χ2v) is 4.03. The van der Waals surface area contributed by atoms with E-state index in [2.05, 4.69) is 15.3 Å². The summed E-state index contributed by atoms with van der Waals surface area (Å²) in [6, 6.07) is 3.46. The van der Waals surface area contributed by atoms with E-state index in [1.165, 1.54) is 0 Å². The molecule has 0 aromatic carbocycles. The second-order valence-electron chi connectivity index (χ2n) is 4.03. The van der Waals surface area contributed by atoms with E-state index in [1.54, 1.807) is 35.4 Å². The Morgan fingerprint density at radius 1 is 1.50 bits per heavy atom. The van der Waals surface area contributed by atoms with Crippen LogP contribution in [0.3, 0.4) is 0 Å². The summed E-state index contributed by atoms with van der Waals surface area (Å²) in [5, 5.41) is 2.73. The number of nitrogens with two attached hydrogens (primary N) is 1. The van der Waals surface area contributed by atoms with Crippen molar-refractivity contribution in [2.75, 3.05) is 18.5 Å². The van der Waals surface area contributed by atoms with E-state index in [-0.39, 0.29) is 5.91 Å². The van der Waals surface area contributed by atoms with Crippen molar-refractivity contribution in [1.29, 1.82) is 0 Å². The summed E-state index contributed by atoms with van der Waals surface area (Å²) in [6.45, 7) is 3.45. The third-order valence-electron chi connectivity index (χ3n) is 2.55. The zero-order valence-corrected chi connectivity index (χ0v) is 11.2. The van der Waals surface area contributed by atoms with E-state index in [0.29, 0.717) is 37.0 Å². The molecule has 20 heavy (non-hydrogen) atoms. The number of carbonyl (C=O) groups excluding carboxylic acids is 1. The molecule has 1 amide bonds. The molecule has 0 atom stereocenters. The molecule has 2 aromatic heterocycles. The summed E-state index contributed by atoms with van der Waals surface area (Å²) in [5.74, 6) is 0.0828. The molecule has 7 nitrogen and oxygen atoms in total. The van der Waals surface area contributed by atoms with Crippen molar-refractivity contribution in [3.63, 3.8) is 0 Å². The van der Waals surface area contributed by atoms with Crippen molar-refractivity contribution in [1.82, 2.24) is 14.5 Å². The Balaban J connectivity index is 2.10. The Labute approximate surface area is 116 Å². The number of hydrogen-bond donors (Lipinski definition) is 2. The lowest BCUT2D eigenvalue weighted by Gasteiger charge is -2.08. The highest BCUT2D eigenvalue weighted by Gasteiger charge is 2.12. The first kappa shape index (κ1) is 14.0. The van der Waals surface area contributed by atoms with Gasteiger partial charge in [0.2, 0.25) is 5.88 Å². The maximum absolute atomic E-state index is 12.1. The minimum Gasteiger partial charge on any atom is -0.476 e. The number of ether oxygens (including phenoxy) is 1. The van der Waals surface area contributed by atoms with E-state index >= 15 is 0 Å². The summed E-state index contributed by atoms with van der Waals surface area (Å²) in [5.41, 5.74) is 6.29. The quantitative estimate of drug-likeness (QED) is 0.816. The molecule has 0 bridgehead atoms. The molecule has 0 saturated heterocycles. The molecule has 0 saturated carbocycles. The third-order valence-corrected chi connectivity index (χ3v) is 2.55. The molecule has 0 aliphatic carbocycles. The summed E-state index contributed by atoms with van der Waals surface area (Å²) in [7, 11) is 0. The summed E-state index contributed by atoms with van der Waals surface area (Å²) < 4.78 is 7.12. The fourth-order valence-electron chi connectivity index (χ4n) is 1.67. The molecule has 0 aliphatic rings. The van der Waals surface area contributed by atoms with E-state index in [9.17, 15) is 4.79 Å². The third kappa shape index (κ3) is 3.33. The lowest BCUT2D eigenvalue weighted by atomic mass is 10.3. The summed E-state index contributed by atoms with van der Waals surface area (Å²) in [4.78, 5) is 20.2. The molecule has 7 heteroatoms. The normalized spacial score (nSPS) is 10.3. The predicted octanol–water partition coefficient (Wildman–Crippen LogP) is 0.888. The van der Waals surface area contributed by atoms with Crippen LogP contribution < -0.4 is 15.8 Å². The van der Waals surface area contributed by atoms with Gasteiger partial charge in [0.15, 0.2) is 0 Å². The maximum atomic E-state index is 12.1. The SMILES string of the molecule is CCOc1ncccc1NC(=O)c1cn(CCN)cn1. The Hall–Kier alpha value is -2.41. The van der Waals surface area contributed by atoms with Gasteiger partial charge in [0.25, 0.3) is 5.91 Å². The van der Waals surface area contributed by atoms with Gasteiger partial charge in [-0.3, -0.25) is 4.79 Å². The average Bonchev–Trinajstić information content (AvgIpc) is 2.90. The molecule has 3 N–H and O–H groups in total. The van der Waals surface area contributed by atoms with Crippen molar-refractivity contribution >= 4 is 11.6 Å². The van der Waals surface area contributed by atoms with Crippen molar-refractivity contribution < 1.29 is 9.53 Å². The standard InChI is InChI=1S/C13H17N5O2/c1-2-20-13-10(4-3-6-15-13)17-12(19)11-8-18(7-5-14)9-16-11/h3-4,6,8-9H,2,5,7,14H2,1H3,(H,17,19). The van der Waals surface area contributed by atoms with Crippen LogP contribution in [-0.2, 0) is 6.54 Å². The van der Waals surface area contributed by atoms with E-state index < -0.39 is 0 Å². The summed E-state index contributed by atoms with van der Waals surface area (Å²) >= 11 is 0. The molecule has 0 radical (unpaired) electrons. The molecule has 106 valence electrons.